The van der Waals surface area contributed by atoms with E-state index in [2.05, 4.69) is 20.6 Å². The van der Waals surface area contributed by atoms with Crippen LogP contribution in [0.2, 0.25) is 5.02 Å². The molecular weight excluding hydrogens is 322 g/mol. The number of hydrogen-bond acceptors (Lipinski definition) is 5. The molecule has 22 heavy (non-hydrogen) atoms. The van der Waals surface area contributed by atoms with Crippen LogP contribution >= 0.6 is 22.9 Å². The minimum Gasteiger partial charge on any atom is -0.296 e. The van der Waals surface area contributed by atoms with Crippen molar-refractivity contribution in [1.29, 1.82) is 0 Å². The number of aromatic nitrogens is 4. The fourth-order valence-electron chi connectivity index (χ4n) is 1.94. The van der Waals surface area contributed by atoms with Crippen molar-refractivity contribution in [2.45, 2.75) is 13.8 Å². The molecule has 3 aromatic rings. The molecule has 8 heteroatoms. The number of thiazole rings is 1. The van der Waals surface area contributed by atoms with E-state index in [1.807, 2.05) is 19.1 Å². The fraction of sp³-hybridized carbons (Fsp3) is 0.143. The van der Waals surface area contributed by atoms with Gasteiger partial charge in [0, 0.05) is 16.6 Å². The summed E-state index contributed by atoms with van der Waals surface area (Å²) < 4.78 is 1.59. The Morgan fingerprint density at radius 1 is 1.36 bits per heavy atom. The number of halogens is 1. The molecule has 0 aliphatic heterocycles. The molecule has 0 spiro atoms. The summed E-state index contributed by atoms with van der Waals surface area (Å²) in [5.41, 5.74) is 2.62. The Morgan fingerprint density at radius 2 is 2.18 bits per heavy atom. The van der Waals surface area contributed by atoms with Crippen molar-refractivity contribution in [1.82, 2.24) is 20.0 Å². The summed E-state index contributed by atoms with van der Waals surface area (Å²) in [6.07, 6.45) is 1.62. The van der Waals surface area contributed by atoms with Gasteiger partial charge in [0.15, 0.2) is 10.8 Å². The molecule has 112 valence electrons. The standard InChI is InChI=1S/C14H12ClN5OS/c1-8-3-4-10(7-11(8)15)20-9(2)12(18-19-20)13(21)17-14-16-5-6-22-14/h3-7H,1-2H3,(H,16,17,21). The molecule has 2 heterocycles. The van der Waals surface area contributed by atoms with Crippen LogP contribution in [-0.4, -0.2) is 25.9 Å². The van der Waals surface area contributed by atoms with Crippen molar-refractivity contribution < 1.29 is 4.79 Å². The second-order valence-electron chi connectivity index (χ2n) is 4.66. The highest BCUT2D eigenvalue weighted by atomic mass is 35.5. The first-order valence-corrected chi connectivity index (χ1v) is 7.71. The van der Waals surface area contributed by atoms with Gasteiger partial charge in [-0.15, -0.1) is 16.4 Å². The summed E-state index contributed by atoms with van der Waals surface area (Å²) >= 11 is 7.48. The Kier molecular flexibility index (Phi) is 3.91. The predicted molar refractivity (Wildman–Crippen MR) is 85.9 cm³/mol. The van der Waals surface area contributed by atoms with Crippen LogP contribution in [0.3, 0.4) is 0 Å². The maximum atomic E-state index is 12.2. The molecule has 0 fully saturated rings. The zero-order valence-electron chi connectivity index (χ0n) is 11.9. The molecule has 1 aromatic carbocycles. The second kappa shape index (κ2) is 5.86. The van der Waals surface area contributed by atoms with E-state index < -0.39 is 0 Å². The zero-order chi connectivity index (χ0) is 15.7. The summed E-state index contributed by atoms with van der Waals surface area (Å²) in [5, 5.41) is 13.6. The molecule has 1 amide bonds. The average Bonchev–Trinajstić information content (AvgIpc) is 3.11. The number of hydrogen-bond donors (Lipinski definition) is 1. The number of amides is 1. The minimum atomic E-state index is -0.336. The van der Waals surface area contributed by atoms with Gasteiger partial charge in [-0.25, -0.2) is 9.67 Å². The SMILES string of the molecule is Cc1ccc(-n2nnc(C(=O)Nc3nccs3)c2C)cc1Cl. The number of anilines is 1. The molecule has 0 saturated carbocycles. The molecule has 0 radical (unpaired) electrons. The molecule has 0 aliphatic rings. The summed E-state index contributed by atoms with van der Waals surface area (Å²) in [6.45, 7) is 3.71. The Hall–Kier alpha value is -2.25. The van der Waals surface area contributed by atoms with Crippen LogP contribution in [0.4, 0.5) is 5.13 Å². The van der Waals surface area contributed by atoms with Crippen molar-refractivity contribution in [3.8, 4) is 5.69 Å². The van der Waals surface area contributed by atoms with Gasteiger partial charge in [-0.2, -0.15) is 0 Å². The molecule has 0 atom stereocenters. The van der Waals surface area contributed by atoms with E-state index in [1.54, 1.807) is 29.2 Å². The van der Waals surface area contributed by atoms with Crippen LogP contribution in [0.25, 0.3) is 5.69 Å². The number of carbonyl (C=O) groups is 1. The molecule has 1 N–H and O–H groups in total. The first-order chi connectivity index (χ1) is 10.6. The topological polar surface area (TPSA) is 72.7 Å². The average molecular weight is 334 g/mol. The smallest absolute Gasteiger partial charge is 0.279 e. The lowest BCUT2D eigenvalue weighted by molar-refractivity contribution is 0.102. The summed E-state index contributed by atoms with van der Waals surface area (Å²) in [7, 11) is 0. The number of nitrogens with zero attached hydrogens (tertiary/aromatic N) is 4. The first kappa shape index (κ1) is 14.7. The largest absolute Gasteiger partial charge is 0.296 e. The lowest BCUT2D eigenvalue weighted by Crippen LogP contribution is -2.14. The predicted octanol–water partition coefficient (Wildman–Crippen LogP) is 3.25. The Morgan fingerprint density at radius 3 is 2.86 bits per heavy atom. The van der Waals surface area contributed by atoms with Gasteiger partial charge in [-0.05, 0) is 31.5 Å². The van der Waals surface area contributed by atoms with Crippen molar-refractivity contribution in [2.75, 3.05) is 5.32 Å². The highest BCUT2D eigenvalue weighted by Crippen LogP contribution is 2.21. The summed E-state index contributed by atoms with van der Waals surface area (Å²) in [5.74, 6) is -0.336. The zero-order valence-corrected chi connectivity index (χ0v) is 13.4. The third-order valence-electron chi connectivity index (χ3n) is 3.16. The second-order valence-corrected chi connectivity index (χ2v) is 5.96. The third kappa shape index (κ3) is 2.72. The minimum absolute atomic E-state index is 0.256. The van der Waals surface area contributed by atoms with Gasteiger partial charge in [0.25, 0.3) is 5.91 Å². The maximum absolute atomic E-state index is 12.2. The van der Waals surface area contributed by atoms with Gasteiger partial charge in [0.05, 0.1) is 11.4 Å². The third-order valence-corrected chi connectivity index (χ3v) is 4.26. The lowest BCUT2D eigenvalue weighted by Gasteiger charge is -2.05. The van der Waals surface area contributed by atoms with Crippen LogP contribution in [0.5, 0.6) is 0 Å². The van der Waals surface area contributed by atoms with Crippen LogP contribution < -0.4 is 5.32 Å². The van der Waals surface area contributed by atoms with Gasteiger partial charge in [0.2, 0.25) is 0 Å². The normalized spacial score (nSPS) is 10.7. The molecule has 6 nitrogen and oxygen atoms in total. The number of nitrogens with one attached hydrogen (secondary N) is 1. The van der Waals surface area contributed by atoms with Gasteiger partial charge in [-0.1, -0.05) is 22.9 Å². The summed E-state index contributed by atoms with van der Waals surface area (Å²) in [4.78, 5) is 16.2. The van der Waals surface area contributed by atoms with Crippen molar-refractivity contribution in [3.05, 3.63) is 51.7 Å². The monoisotopic (exact) mass is 333 g/mol. The van der Waals surface area contributed by atoms with Gasteiger partial charge in [0.1, 0.15) is 0 Å². The Bertz CT molecular complexity index is 828. The van der Waals surface area contributed by atoms with Gasteiger partial charge < -0.3 is 0 Å². The van der Waals surface area contributed by atoms with Crippen molar-refractivity contribution >= 4 is 34.0 Å². The quantitative estimate of drug-likeness (QED) is 0.798. The van der Waals surface area contributed by atoms with Gasteiger partial charge in [-0.3, -0.25) is 10.1 Å². The Balaban J connectivity index is 1.91. The molecule has 3 rings (SSSR count). The van der Waals surface area contributed by atoms with E-state index in [0.29, 0.717) is 15.8 Å². The Labute approximate surface area is 135 Å². The number of benzene rings is 1. The van der Waals surface area contributed by atoms with E-state index >= 15 is 0 Å². The first-order valence-electron chi connectivity index (χ1n) is 6.46. The van der Waals surface area contributed by atoms with Crippen LogP contribution in [-0.2, 0) is 0 Å². The summed E-state index contributed by atoms with van der Waals surface area (Å²) in [6, 6.07) is 5.57. The number of rotatable bonds is 3. The molecule has 0 bridgehead atoms. The highest BCUT2D eigenvalue weighted by molar-refractivity contribution is 7.13. The van der Waals surface area contributed by atoms with Crippen LogP contribution in [0.1, 0.15) is 21.7 Å². The van der Waals surface area contributed by atoms with E-state index in [9.17, 15) is 4.79 Å². The molecular formula is C14H12ClN5OS. The molecule has 2 aromatic heterocycles. The van der Waals surface area contributed by atoms with Crippen LogP contribution in [0, 0.1) is 13.8 Å². The molecule has 0 saturated heterocycles. The molecule has 0 aliphatic carbocycles. The number of carbonyl (C=O) groups excluding carboxylic acids is 1. The van der Waals surface area contributed by atoms with Gasteiger partial charge >= 0.3 is 0 Å². The highest BCUT2D eigenvalue weighted by Gasteiger charge is 2.18. The van der Waals surface area contributed by atoms with Crippen molar-refractivity contribution in [3.63, 3.8) is 0 Å². The maximum Gasteiger partial charge on any atom is 0.279 e. The van der Waals surface area contributed by atoms with Crippen LogP contribution in [0.15, 0.2) is 29.8 Å². The van der Waals surface area contributed by atoms with E-state index in [0.717, 1.165) is 11.3 Å². The number of aryl methyl sites for hydroxylation is 1. The van der Waals surface area contributed by atoms with E-state index in [4.69, 9.17) is 11.6 Å². The molecule has 0 unspecified atom stereocenters. The van der Waals surface area contributed by atoms with E-state index in [1.165, 1.54) is 11.3 Å². The van der Waals surface area contributed by atoms with Crippen molar-refractivity contribution in [2.24, 2.45) is 0 Å². The fourth-order valence-corrected chi connectivity index (χ4v) is 2.64. The van der Waals surface area contributed by atoms with E-state index in [-0.39, 0.29) is 11.6 Å². The lowest BCUT2D eigenvalue weighted by atomic mass is 10.2.